The quantitative estimate of drug-likeness (QED) is 0.0622. The van der Waals surface area contributed by atoms with Crippen LogP contribution in [0.5, 0.6) is 23.0 Å². The first kappa shape index (κ1) is 44.1. The Balaban J connectivity index is 1.37. The van der Waals surface area contributed by atoms with Gasteiger partial charge in [0.15, 0.2) is 0 Å². The lowest BCUT2D eigenvalue weighted by Crippen LogP contribution is -2.30. The fourth-order valence-electron chi connectivity index (χ4n) is 7.69. The maximum atomic E-state index is 12.8. The Morgan fingerprint density at radius 1 is 0.517 bits per heavy atom. The molecular formula is C48H64N4O6. The monoisotopic (exact) mass is 792 g/mol. The molecule has 10 nitrogen and oxygen atoms in total. The predicted molar refractivity (Wildman–Crippen MR) is 231 cm³/mol. The van der Waals surface area contributed by atoms with E-state index in [0.717, 1.165) is 96.6 Å². The van der Waals surface area contributed by atoms with Gasteiger partial charge in [0.05, 0.1) is 26.1 Å². The highest BCUT2D eigenvalue weighted by molar-refractivity contribution is 5.76. The smallest absolute Gasteiger partial charge is 0.223 e. The summed E-state index contributed by atoms with van der Waals surface area (Å²) in [5, 5.41) is 29.6. The van der Waals surface area contributed by atoms with Gasteiger partial charge in [0, 0.05) is 38.8 Å². The van der Waals surface area contributed by atoms with E-state index < -0.39 is 0 Å². The fourth-order valence-corrected chi connectivity index (χ4v) is 7.69. The average molecular weight is 793 g/mol. The van der Waals surface area contributed by atoms with E-state index >= 15 is 0 Å². The molecule has 0 atom stereocenters. The topological polar surface area (TPSA) is 124 Å². The van der Waals surface area contributed by atoms with Crippen LogP contribution in [0, 0.1) is 0 Å². The summed E-state index contributed by atoms with van der Waals surface area (Å²) >= 11 is 0. The van der Waals surface area contributed by atoms with Gasteiger partial charge in [0.2, 0.25) is 11.8 Å². The van der Waals surface area contributed by atoms with E-state index in [0.29, 0.717) is 50.3 Å². The van der Waals surface area contributed by atoms with Crippen LogP contribution in [0.25, 0.3) is 0 Å². The van der Waals surface area contributed by atoms with Crippen molar-refractivity contribution in [2.24, 2.45) is 0 Å². The summed E-state index contributed by atoms with van der Waals surface area (Å²) in [4.78, 5) is 30.3. The van der Waals surface area contributed by atoms with Crippen LogP contribution >= 0.6 is 0 Å². The second kappa shape index (κ2) is 22.8. The molecule has 8 bridgehead atoms. The Morgan fingerprint density at radius 2 is 0.810 bits per heavy atom. The van der Waals surface area contributed by atoms with Gasteiger partial charge >= 0.3 is 0 Å². The van der Waals surface area contributed by atoms with Gasteiger partial charge in [-0.25, -0.2) is 0 Å². The molecule has 1 aliphatic rings. The molecule has 0 spiro atoms. The third kappa shape index (κ3) is 12.5. The molecule has 1 aliphatic carbocycles. The lowest BCUT2D eigenvalue weighted by molar-refractivity contribution is -0.122. The molecule has 0 aromatic heterocycles. The molecule has 0 heterocycles. The third-order valence-corrected chi connectivity index (χ3v) is 11.2. The van der Waals surface area contributed by atoms with Crippen molar-refractivity contribution in [1.82, 2.24) is 20.4 Å². The van der Waals surface area contributed by atoms with E-state index in [1.807, 2.05) is 72.8 Å². The molecule has 4 aromatic rings. The van der Waals surface area contributed by atoms with Crippen LogP contribution in [0.2, 0.25) is 0 Å². The van der Waals surface area contributed by atoms with Gasteiger partial charge in [-0.15, -0.1) is 0 Å². The van der Waals surface area contributed by atoms with Gasteiger partial charge < -0.3 is 40.1 Å². The van der Waals surface area contributed by atoms with Crippen LogP contribution in [0.1, 0.15) is 97.9 Å². The minimum atomic E-state index is -0.0556. The number of carbonyl (C=O) groups is 2. The predicted octanol–water partition coefficient (Wildman–Crippen LogP) is 7.01. The molecule has 4 N–H and O–H groups in total. The number of carbonyl (C=O) groups excluding carboxylic acids is 2. The third-order valence-electron chi connectivity index (χ3n) is 11.2. The van der Waals surface area contributed by atoms with Crippen LogP contribution in [0.3, 0.4) is 0 Å². The zero-order valence-electron chi connectivity index (χ0n) is 35.1. The molecule has 0 fully saturated rings. The molecular weight excluding hydrogens is 729 g/mol. The first-order valence-corrected chi connectivity index (χ1v) is 21.3. The number of para-hydroxylation sites is 4. The molecule has 58 heavy (non-hydrogen) atoms. The van der Waals surface area contributed by atoms with Crippen LogP contribution in [0.4, 0.5) is 0 Å². The summed E-state index contributed by atoms with van der Waals surface area (Å²) in [6.45, 7) is 16.1. The number of aromatic hydroxyl groups is 2. The number of amides is 2. The Kier molecular flexibility index (Phi) is 17.3. The Morgan fingerprint density at radius 3 is 1.10 bits per heavy atom. The summed E-state index contributed by atoms with van der Waals surface area (Å²) in [6.07, 6.45) is 3.82. The SMILES string of the molecule is CCN(CC)CCCNC(=O)CCOc1c2cccc1Cc1cccc(c1O)Cc1cccc(c1OCCC(=O)NCCCN(CC)CC)Cc1cccc(c1O)C2. The van der Waals surface area contributed by atoms with Crippen molar-refractivity contribution in [2.45, 2.75) is 79.1 Å². The normalized spacial score (nSPS) is 12.4. The highest BCUT2D eigenvalue weighted by Crippen LogP contribution is 2.38. The van der Waals surface area contributed by atoms with Crippen LogP contribution in [-0.4, -0.2) is 97.4 Å². The molecule has 0 radical (unpaired) electrons. The molecule has 312 valence electrons. The molecule has 4 aromatic carbocycles. The van der Waals surface area contributed by atoms with E-state index in [1.165, 1.54) is 0 Å². The summed E-state index contributed by atoms with van der Waals surface area (Å²) in [7, 11) is 0. The van der Waals surface area contributed by atoms with E-state index in [-0.39, 0.29) is 49.4 Å². The molecule has 5 rings (SSSR count). The maximum absolute atomic E-state index is 12.8. The molecule has 0 saturated heterocycles. The van der Waals surface area contributed by atoms with E-state index in [2.05, 4.69) is 48.1 Å². The number of fused-ring (bicyclic) bond motifs is 8. The minimum Gasteiger partial charge on any atom is -0.507 e. The Hall–Kier alpha value is -5.06. The number of nitrogens with zero attached hydrogens (tertiary/aromatic N) is 2. The van der Waals surface area contributed by atoms with Crippen molar-refractivity contribution in [3.05, 3.63) is 117 Å². The van der Waals surface area contributed by atoms with Crippen LogP contribution < -0.4 is 20.1 Å². The van der Waals surface area contributed by atoms with Gasteiger partial charge in [-0.3, -0.25) is 9.59 Å². The standard InChI is InChI=1S/C48H64N4O6/c1-5-51(6-2)27-13-25-49-43(53)23-29-57-47-39-19-11-20-40(47)32-36-16-10-18-38(46(36)56)34-42-22-12-21-41(33-37-17-9-15-35(31-39)45(37)55)48(42)58-30-24-44(54)50-26-14-28-52(7-3)8-4/h9-12,15-22,55-56H,5-8,13-14,23-34H2,1-4H3,(H,49,53)(H,50,54). The van der Waals surface area contributed by atoms with Crippen molar-refractivity contribution in [3.63, 3.8) is 0 Å². The van der Waals surface area contributed by atoms with Crippen molar-refractivity contribution < 1.29 is 29.3 Å². The molecule has 0 saturated carbocycles. The van der Waals surface area contributed by atoms with Gasteiger partial charge in [-0.2, -0.15) is 0 Å². The van der Waals surface area contributed by atoms with Crippen molar-refractivity contribution in [3.8, 4) is 23.0 Å². The lowest BCUT2D eigenvalue weighted by atomic mass is 9.91. The number of benzene rings is 4. The average Bonchev–Trinajstić information content (AvgIpc) is 3.22. The first-order chi connectivity index (χ1) is 28.2. The number of hydrogen-bond acceptors (Lipinski definition) is 8. The molecule has 0 aliphatic heterocycles. The number of phenolic OH excluding ortho intramolecular Hbond substituents is 2. The van der Waals surface area contributed by atoms with Crippen molar-refractivity contribution >= 4 is 11.8 Å². The lowest BCUT2D eigenvalue weighted by Gasteiger charge is -2.20. The van der Waals surface area contributed by atoms with Gasteiger partial charge in [-0.05, 0) is 96.6 Å². The highest BCUT2D eigenvalue weighted by atomic mass is 16.5. The molecule has 2 amide bonds. The Labute approximate surface area is 345 Å². The minimum absolute atomic E-state index is 0.0556. The van der Waals surface area contributed by atoms with Crippen molar-refractivity contribution in [2.75, 3.05) is 65.6 Å². The van der Waals surface area contributed by atoms with Gasteiger partial charge in [0.25, 0.3) is 0 Å². The van der Waals surface area contributed by atoms with Gasteiger partial charge in [0.1, 0.15) is 23.0 Å². The second-order valence-electron chi connectivity index (χ2n) is 15.0. The van der Waals surface area contributed by atoms with E-state index in [1.54, 1.807) is 0 Å². The van der Waals surface area contributed by atoms with Crippen LogP contribution in [0.15, 0.2) is 72.8 Å². The number of rotatable bonds is 20. The Bertz CT molecular complexity index is 1720. The molecule has 0 unspecified atom stereocenters. The van der Waals surface area contributed by atoms with E-state index in [4.69, 9.17) is 9.47 Å². The largest absolute Gasteiger partial charge is 0.507 e. The fraction of sp³-hybridized carbons (Fsp3) is 0.458. The maximum Gasteiger partial charge on any atom is 0.223 e. The van der Waals surface area contributed by atoms with Gasteiger partial charge in [-0.1, -0.05) is 100 Å². The number of phenols is 2. The number of nitrogens with one attached hydrogen (secondary N) is 2. The first-order valence-electron chi connectivity index (χ1n) is 21.3. The zero-order chi connectivity index (χ0) is 41.3. The highest BCUT2D eigenvalue weighted by Gasteiger charge is 2.21. The zero-order valence-corrected chi connectivity index (χ0v) is 35.1. The number of hydrogen-bond donors (Lipinski definition) is 4. The van der Waals surface area contributed by atoms with E-state index in [9.17, 15) is 19.8 Å². The summed E-state index contributed by atoms with van der Waals surface area (Å²) < 4.78 is 12.9. The summed E-state index contributed by atoms with van der Waals surface area (Å²) in [5.74, 6) is 1.62. The summed E-state index contributed by atoms with van der Waals surface area (Å²) in [6, 6.07) is 23.5. The molecule has 10 heteroatoms. The summed E-state index contributed by atoms with van der Waals surface area (Å²) in [5.41, 5.74) is 6.51. The second-order valence-corrected chi connectivity index (χ2v) is 15.0. The van der Waals surface area contributed by atoms with Crippen molar-refractivity contribution in [1.29, 1.82) is 0 Å². The van der Waals surface area contributed by atoms with Crippen LogP contribution in [-0.2, 0) is 35.3 Å². The number of ether oxygens (including phenoxy) is 2.